The van der Waals surface area contributed by atoms with E-state index in [0.29, 0.717) is 0 Å². The van der Waals surface area contributed by atoms with Crippen molar-refractivity contribution in [1.82, 2.24) is 0 Å². The van der Waals surface area contributed by atoms with Crippen LogP contribution < -0.4 is 0 Å². The molecule has 102 heavy (non-hydrogen) atoms. The van der Waals surface area contributed by atoms with E-state index in [1.165, 1.54) is 0 Å². The monoisotopic (exact) mass is 1350 g/mol. The molecule has 0 fully saturated rings. The van der Waals surface area contributed by atoms with Crippen LogP contribution in [-0.2, 0) is 0 Å². The number of furan rings is 2. The summed E-state index contributed by atoms with van der Waals surface area (Å²) in [6.45, 7) is 0. The molecule has 2 heteroatoms. The van der Waals surface area contributed by atoms with Gasteiger partial charge in [-0.1, -0.05) is 302 Å². The van der Waals surface area contributed by atoms with Crippen LogP contribution in [0, 0.1) is 0 Å². The molecular formula is C100H60O2. The summed E-state index contributed by atoms with van der Waals surface area (Å²) in [4.78, 5) is 0. The standard InChI is InChI=1S/2C50H30O/c1-2-11-35-30-48-46(28-34(35)10-1)45-29-36(24-26-47(45)51-48)31-17-20-33(21-18-31)49-41-13-5-7-15-43(41)50(44-16-8-6-14-42(44)49)38-23-25-40-37(27-38)22-19-32-9-3-4-12-39(32)40;1-2-12-34-30-48-45(27-33(34)11-1)44-28-35(25-26-47(44)51-48)31-21-23-32(24-22-31)49-40-17-7-9-19-42(40)50(43-20-10-8-18-41(43)49)46-29-36-13-3-4-14-37(36)38-15-5-6-16-39(38)46/h2*1-30H/i2*1D,2D,3D,4D,5D,6D,7D,8D,9D,10D,11D,12D,13D,14D,15D,16D,17D,18D,19D,20D,21D,22D,23D,24D,25D,26D,27D,28D,29D,30D. The van der Waals surface area contributed by atoms with E-state index in [0.717, 1.165) is 0 Å². The van der Waals surface area contributed by atoms with Crippen molar-refractivity contribution >= 4 is 152 Å². The fraction of sp³-hybridized carbons (Fsp3) is 0. The van der Waals surface area contributed by atoms with Crippen LogP contribution in [0.2, 0.25) is 0 Å². The number of hydrogen-bond donors (Lipinski definition) is 0. The minimum absolute atomic E-state index is 0.433. The molecule has 0 amide bonds. The average molecular weight is 1350 g/mol. The highest BCUT2D eigenvalue weighted by atomic mass is 16.3. The second-order valence-corrected chi connectivity index (χ2v) is 22.5. The minimum atomic E-state index is -1.14. The molecule has 0 saturated heterocycles. The Labute approximate surface area is 671 Å². The molecule has 20 aromatic carbocycles. The molecule has 0 saturated carbocycles. The van der Waals surface area contributed by atoms with Gasteiger partial charge in [0.15, 0.2) is 0 Å². The van der Waals surface area contributed by atoms with E-state index in [9.17, 15) is 34.3 Å². The van der Waals surface area contributed by atoms with Gasteiger partial charge in [-0.25, -0.2) is 0 Å². The highest BCUT2D eigenvalue weighted by molar-refractivity contribution is 6.27. The van der Waals surface area contributed by atoms with Crippen LogP contribution in [0.1, 0.15) is 82.2 Å². The zero-order chi connectivity index (χ0) is 119. The Kier molecular flexibility index (Phi) is 5.42. The largest absolute Gasteiger partial charge is 0.456 e. The first-order valence-electron chi connectivity index (χ1n) is 60.3. The summed E-state index contributed by atoms with van der Waals surface area (Å²) in [5, 5.41) is -14.8. The van der Waals surface area contributed by atoms with Crippen LogP contribution >= 0.6 is 0 Å². The predicted octanol–water partition coefficient (Wildman–Crippen LogP) is 28.7. The first-order valence-corrected chi connectivity index (χ1v) is 30.3. The normalized spacial score (nSPS) is 20.2. The van der Waals surface area contributed by atoms with Crippen LogP contribution in [0.25, 0.3) is 218 Å². The van der Waals surface area contributed by atoms with Crippen molar-refractivity contribution in [3.8, 4) is 66.8 Å². The van der Waals surface area contributed by atoms with Crippen molar-refractivity contribution in [2.45, 2.75) is 0 Å². The highest BCUT2D eigenvalue weighted by Crippen LogP contribution is 2.49. The summed E-state index contributed by atoms with van der Waals surface area (Å²) in [6, 6.07) is -55.5. The number of fused-ring (bicyclic) bond motifs is 18. The SMILES string of the molecule is [2H]c1c([2H])c(-c2c3c([2H])c([2H])c([2H])c([2H])c3c(-c3c([2H])c([2H])c4c(c3[2H])c([2H])c([2H])c3c([2H])c([2H])c([2H])c([2H])c34)c3c([2H])c([2H])c([2H])c([2H])c23)c([2H])c([2H])c1-c1c([2H])c([2H])c2oc3c([2H])c4c([2H])c([2H])c([2H])c([2H])c4c([2H])c3c2c1[2H].[2H]c1c([2H])c(-c2c3c([2H])c([2H])c([2H])c([2H])c3c(-c3c([2H])c4c([2H])c([2H])c([2H])c([2H])c4c4c([2H])c([2H])c([2H])c([2H])c34)c3c([2H])c([2H])c([2H])c([2H])c23)c([2H])c([2H])c1-c1c([2H])c([2H])c2oc3c([2H])c4c([2H])c([2H])c([2H])c([2H])c4c([2H])c3c2c1[2H]. The molecule has 2 aromatic heterocycles. The minimum Gasteiger partial charge on any atom is -0.456 e. The zero-order valence-corrected chi connectivity index (χ0v) is 50.8. The second kappa shape index (κ2) is 23.1. The van der Waals surface area contributed by atoms with Gasteiger partial charge in [0.05, 0.1) is 82.2 Å². The van der Waals surface area contributed by atoms with Gasteiger partial charge >= 0.3 is 0 Å². The second-order valence-electron chi connectivity index (χ2n) is 22.5. The van der Waals surface area contributed by atoms with E-state index >= 15 is 0 Å². The first-order chi connectivity index (χ1) is 75.6. The quantitative estimate of drug-likeness (QED) is 0.123. The molecule has 472 valence electrons. The van der Waals surface area contributed by atoms with Crippen LogP contribution in [0.4, 0.5) is 0 Å². The lowest BCUT2D eigenvalue weighted by Gasteiger charge is -2.19. The van der Waals surface area contributed by atoms with Crippen LogP contribution in [-0.4, -0.2) is 0 Å². The number of hydrogen-bond acceptors (Lipinski definition) is 2. The van der Waals surface area contributed by atoms with Crippen molar-refractivity contribution < 1.29 is 91.1 Å². The van der Waals surface area contributed by atoms with Gasteiger partial charge in [-0.2, -0.15) is 0 Å². The van der Waals surface area contributed by atoms with E-state index < -0.39 is 581 Å². The molecule has 2 heterocycles. The van der Waals surface area contributed by atoms with Crippen LogP contribution in [0.3, 0.4) is 0 Å². The molecule has 22 aromatic rings. The van der Waals surface area contributed by atoms with Crippen molar-refractivity contribution in [2.24, 2.45) is 0 Å². The van der Waals surface area contributed by atoms with Gasteiger partial charge in [0, 0.05) is 21.5 Å². The fourth-order valence-corrected chi connectivity index (χ4v) is 12.5. The molecule has 0 aliphatic carbocycles. The number of benzene rings is 20. The molecule has 0 aliphatic heterocycles. The highest BCUT2D eigenvalue weighted by Gasteiger charge is 2.22. The Morgan fingerprint density at radius 2 is 0.441 bits per heavy atom. The maximum Gasteiger partial charge on any atom is 0.136 e. The van der Waals surface area contributed by atoms with Gasteiger partial charge in [0.1, 0.15) is 22.3 Å². The molecule has 0 aliphatic rings. The summed E-state index contributed by atoms with van der Waals surface area (Å²) in [5.74, 6) is 0. The van der Waals surface area contributed by atoms with Crippen molar-refractivity contribution in [2.75, 3.05) is 0 Å². The van der Waals surface area contributed by atoms with Crippen LogP contribution in [0.5, 0.6) is 0 Å². The van der Waals surface area contributed by atoms with E-state index in [1.807, 2.05) is 0 Å². The van der Waals surface area contributed by atoms with Gasteiger partial charge in [-0.3, -0.25) is 0 Å². The Hall–Kier alpha value is -13.4. The van der Waals surface area contributed by atoms with E-state index in [1.54, 1.807) is 0 Å². The first kappa shape index (κ1) is 23.9. The van der Waals surface area contributed by atoms with Gasteiger partial charge in [-0.05, 0) is 235 Å². The molecular weight excluding hydrogens is 1230 g/mol. The summed E-state index contributed by atoms with van der Waals surface area (Å²) in [7, 11) is 0. The Bertz CT molecular complexity index is 10900. The summed E-state index contributed by atoms with van der Waals surface area (Å²) < 4.78 is 556. The van der Waals surface area contributed by atoms with Crippen molar-refractivity contribution in [3.63, 3.8) is 0 Å². The van der Waals surface area contributed by atoms with Crippen LogP contribution in [0.15, 0.2) is 371 Å². The maximum absolute atomic E-state index is 9.83. The lowest BCUT2D eigenvalue weighted by molar-refractivity contribution is 0.669. The molecule has 0 spiro atoms. The third kappa shape index (κ3) is 9.27. The third-order valence-electron chi connectivity index (χ3n) is 17.0. The van der Waals surface area contributed by atoms with Gasteiger partial charge in [0.2, 0.25) is 0 Å². The lowest BCUT2D eigenvalue weighted by atomic mass is 9.83. The molecule has 22 rings (SSSR count). The predicted molar refractivity (Wildman–Crippen MR) is 435 cm³/mol. The van der Waals surface area contributed by atoms with Gasteiger partial charge < -0.3 is 8.83 Å². The van der Waals surface area contributed by atoms with E-state index in [-0.39, 0.29) is 0 Å². The lowest BCUT2D eigenvalue weighted by Crippen LogP contribution is -1.92. The molecule has 0 unspecified atom stereocenters. The molecule has 0 atom stereocenters. The Morgan fingerprint density at radius 1 is 0.147 bits per heavy atom. The Balaban J connectivity index is 0.000000186. The zero-order valence-electron chi connectivity index (χ0n) is 111. The van der Waals surface area contributed by atoms with E-state index in [4.69, 9.17) is 56.8 Å². The molecule has 0 bridgehead atoms. The summed E-state index contributed by atoms with van der Waals surface area (Å²) in [6.07, 6.45) is 0. The molecule has 2 nitrogen and oxygen atoms in total. The smallest absolute Gasteiger partial charge is 0.136 e. The molecule has 0 N–H and O–H groups in total. The fourth-order valence-electron chi connectivity index (χ4n) is 12.5. The topological polar surface area (TPSA) is 26.3 Å². The van der Waals surface area contributed by atoms with Gasteiger partial charge in [-0.15, -0.1) is 0 Å². The van der Waals surface area contributed by atoms with Crippen molar-refractivity contribution in [1.29, 1.82) is 0 Å². The summed E-state index contributed by atoms with van der Waals surface area (Å²) >= 11 is 0. The van der Waals surface area contributed by atoms with Gasteiger partial charge in [0.25, 0.3) is 0 Å². The third-order valence-corrected chi connectivity index (χ3v) is 17.0. The van der Waals surface area contributed by atoms with Crippen molar-refractivity contribution in [3.05, 3.63) is 363 Å². The van der Waals surface area contributed by atoms with E-state index in [2.05, 4.69) is 0 Å². The maximum atomic E-state index is 9.83. The average Bonchev–Trinajstić information content (AvgIpc) is 0.798. The molecule has 0 radical (unpaired) electrons. The Morgan fingerprint density at radius 3 is 0.902 bits per heavy atom. The number of rotatable bonds is 6. The summed E-state index contributed by atoms with van der Waals surface area (Å²) in [5.41, 5.74) is -12.0.